The number of benzene rings is 1. The van der Waals surface area contributed by atoms with Crippen molar-refractivity contribution >= 4 is 22.1 Å². The summed E-state index contributed by atoms with van der Waals surface area (Å²) in [7, 11) is 0.619. The average Bonchev–Trinajstić information content (AvgIpc) is 3.16. The minimum absolute atomic E-state index is 0.312. The first-order chi connectivity index (χ1) is 11.0. The third-order valence-electron chi connectivity index (χ3n) is 3.53. The fourth-order valence-electron chi connectivity index (χ4n) is 2.25. The van der Waals surface area contributed by atoms with Crippen LogP contribution in [0.2, 0.25) is 0 Å². The second kappa shape index (κ2) is 6.72. The van der Waals surface area contributed by atoms with E-state index in [2.05, 4.69) is 10.1 Å². The standard InChI is InChI=1S/C16H16FN3OS2/c1-11(14-5-3-4-6-15(14)17)23(21)10-13-9-22-16(19-13)12-7-18-20(2)8-12/h3-9,11H,10H2,1-2H3/t11-,23+/m0/s1. The van der Waals surface area contributed by atoms with Crippen molar-refractivity contribution in [3.05, 3.63) is 59.1 Å². The Hall–Kier alpha value is -1.86. The van der Waals surface area contributed by atoms with E-state index >= 15 is 0 Å². The van der Waals surface area contributed by atoms with Gasteiger partial charge in [0.2, 0.25) is 0 Å². The van der Waals surface area contributed by atoms with E-state index in [-0.39, 0.29) is 11.1 Å². The number of rotatable bonds is 5. The third-order valence-corrected chi connectivity index (χ3v) is 6.09. The summed E-state index contributed by atoms with van der Waals surface area (Å²) in [6.45, 7) is 1.78. The van der Waals surface area contributed by atoms with Gasteiger partial charge < -0.3 is 0 Å². The van der Waals surface area contributed by atoms with E-state index < -0.39 is 10.8 Å². The lowest BCUT2D eigenvalue weighted by molar-refractivity contribution is 0.606. The molecular formula is C16H16FN3OS2. The van der Waals surface area contributed by atoms with E-state index in [9.17, 15) is 8.60 Å². The molecule has 7 heteroatoms. The summed E-state index contributed by atoms with van der Waals surface area (Å²) in [6.07, 6.45) is 3.64. The second-order valence-electron chi connectivity index (χ2n) is 5.24. The van der Waals surface area contributed by atoms with E-state index in [1.165, 1.54) is 17.4 Å². The smallest absolute Gasteiger partial charge is 0.127 e. The molecule has 0 unspecified atom stereocenters. The van der Waals surface area contributed by atoms with Gasteiger partial charge >= 0.3 is 0 Å². The normalized spacial score (nSPS) is 13.9. The molecule has 0 aliphatic rings. The van der Waals surface area contributed by atoms with Crippen LogP contribution in [0.5, 0.6) is 0 Å². The molecule has 0 fully saturated rings. The predicted octanol–water partition coefficient (Wildman–Crippen LogP) is 3.69. The van der Waals surface area contributed by atoms with Crippen LogP contribution in [-0.4, -0.2) is 19.0 Å². The fourth-order valence-corrected chi connectivity index (χ4v) is 4.32. The van der Waals surface area contributed by atoms with Crippen LogP contribution in [0.3, 0.4) is 0 Å². The number of halogens is 1. The molecule has 0 saturated heterocycles. The molecule has 0 bridgehead atoms. The molecule has 2 atom stereocenters. The minimum Gasteiger partial charge on any atom is -0.275 e. The molecule has 1 aromatic carbocycles. The van der Waals surface area contributed by atoms with Crippen LogP contribution < -0.4 is 0 Å². The van der Waals surface area contributed by atoms with Crippen LogP contribution in [0.1, 0.15) is 23.4 Å². The molecule has 2 heterocycles. The van der Waals surface area contributed by atoms with Crippen molar-refractivity contribution in [2.45, 2.75) is 17.9 Å². The average molecular weight is 349 g/mol. The van der Waals surface area contributed by atoms with Crippen LogP contribution in [-0.2, 0) is 23.6 Å². The Morgan fingerprint density at radius 1 is 1.39 bits per heavy atom. The first-order valence-electron chi connectivity index (χ1n) is 7.09. The maximum Gasteiger partial charge on any atom is 0.127 e. The molecule has 0 N–H and O–H groups in total. The van der Waals surface area contributed by atoms with E-state index in [0.717, 1.165) is 16.3 Å². The lowest BCUT2D eigenvalue weighted by Gasteiger charge is -2.11. The maximum absolute atomic E-state index is 13.8. The topological polar surface area (TPSA) is 47.8 Å². The number of aryl methyl sites for hydroxylation is 1. The number of aromatic nitrogens is 3. The summed E-state index contributed by atoms with van der Waals surface area (Å²) < 4.78 is 28.0. The molecule has 0 radical (unpaired) electrons. The first kappa shape index (κ1) is 16.0. The summed E-state index contributed by atoms with van der Waals surface area (Å²) in [5.74, 6) is -0.00520. The van der Waals surface area contributed by atoms with Gasteiger partial charge in [0.25, 0.3) is 0 Å². The van der Waals surface area contributed by atoms with Crippen molar-refractivity contribution in [1.82, 2.24) is 14.8 Å². The zero-order valence-corrected chi connectivity index (χ0v) is 14.4. The van der Waals surface area contributed by atoms with E-state index in [0.29, 0.717) is 11.3 Å². The lowest BCUT2D eigenvalue weighted by atomic mass is 10.1. The maximum atomic E-state index is 13.8. The van der Waals surface area contributed by atoms with Gasteiger partial charge in [-0.15, -0.1) is 11.3 Å². The molecule has 0 amide bonds. The highest BCUT2D eigenvalue weighted by Crippen LogP contribution is 2.27. The highest BCUT2D eigenvalue weighted by Gasteiger charge is 2.18. The Morgan fingerprint density at radius 2 is 2.17 bits per heavy atom. The third kappa shape index (κ3) is 3.56. The van der Waals surface area contributed by atoms with Gasteiger partial charge in [0.05, 0.1) is 22.9 Å². The van der Waals surface area contributed by atoms with Gasteiger partial charge in [-0.05, 0) is 13.0 Å². The molecule has 120 valence electrons. The Morgan fingerprint density at radius 3 is 2.87 bits per heavy atom. The van der Waals surface area contributed by atoms with Crippen LogP contribution >= 0.6 is 11.3 Å². The van der Waals surface area contributed by atoms with Crippen molar-refractivity contribution in [1.29, 1.82) is 0 Å². The molecule has 0 saturated carbocycles. The van der Waals surface area contributed by atoms with Crippen molar-refractivity contribution < 1.29 is 8.60 Å². The van der Waals surface area contributed by atoms with Gasteiger partial charge in [-0.2, -0.15) is 5.10 Å². The number of thiazole rings is 1. The van der Waals surface area contributed by atoms with Gasteiger partial charge in [-0.3, -0.25) is 8.89 Å². The predicted molar refractivity (Wildman–Crippen MR) is 91.0 cm³/mol. The summed E-state index contributed by atoms with van der Waals surface area (Å²) in [4.78, 5) is 4.51. The quantitative estimate of drug-likeness (QED) is 0.706. The molecule has 3 aromatic rings. The Bertz CT molecular complexity index is 843. The SMILES string of the molecule is C[C@@H](c1ccccc1F)[S@](=O)Cc1csc(-c2cnn(C)c2)n1. The van der Waals surface area contributed by atoms with Crippen molar-refractivity contribution in [3.8, 4) is 10.6 Å². The summed E-state index contributed by atoms with van der Waals surface area (Å²) >= 11 is 1.50. The van der Waals surface area contributed by atoms with E-state index in [1.807, 2.05) is 18.6 Å². The Kier molecular flexibility index (Phi) is 4.68. The first-order valence-corrected chi connectivity index (χ1v) is 9.36. The molecule has 2 aromatic heterocycles. The Balaban J connectivity index is 1.73. The van der Waals surface area contributed by atoms with E-state index in [4.69, 9.17) is 0 Å². The molecular weight excluding hydrogens is 333 g/mol. The zero-order valence-electron chi connectivity index (χ0n) is 12.8. The highest BCUT2D eigenvalue weighted by atomic mass is 32.2. The summed E-state index contributed by atoms with van der Waals surface area (Å²) in [5, 5.41) is 6.49. The minimum atomic E-state index is -1.23. The lowest BCUT2D eigenvalue weighted by Crippen LogP contribution is -2.07. The summed E-state index contributed by atoms with van der Waals surface area (Å²) in [6, 6.07) is 6.47. The molecule has 23 heavy (non-hydrogen) atoms. The molecule has 3 rings (SSSR count). The molecule has 4 nitrogen and oxygen atoms in total. The second-order valence-corrected chi connectivity index (χ2v) is 7.85. The van der Waals surface area contributed by atoms with Crippen LogP contribution in [0.25, 0.3) is 10.6 Å². The van der Waals surface area contributed by atoms with Gasteiger partial charge in [-0.25, -0.2) is 9.37 Å². The fraction of sp³-hybridized carbons (Fsp3) is 0.250. The Labute approximate surface area is 140 Å². The summed E-state index contributed by atoms with van der Waals surface area (Å²) in [5.41, 5.74) is 2.18. The van der Waals surface area contributed by atoms with Gasteiger partial charge in [-0.1, -0.05) is 18.2 Å². The van der Waals surface area contributed by atoms with Gasteiger partial charge in [0, 0.05) is 40.6 Å². The van der Waals surface area contributed by atoms with Crippen LogP contribution in [0.4, 0.5) is 4.39 Å². The van der Waals surface area contributed by atoms with Crippen LogP contribution in [0, 0.1) is 5.82 Å². The van der Waals surface area contributed by atoms with E-state index in [1.54, 1.807) is 36.0 Å². The largest absolute Gasteiger partial charge is 0.275 e. The highest BCUT2D eigenvalue weighted by molar-refractivity contribution is 7.84. The van der Waals surface area contributed by atoms with Crippen molar-refractivity contribution in [2.24, 2.45) is 7.05 Å². The molecule has 0 aliphatic carbocycles. The number of hydrogen-bond donors (Lipinski definition) is 0. The molecule has 0 spiro atoms. The number of nitrogens with zero attached hydrogens (tertiary/aromatic N) is 3. The molecule has 0 aliphatic heterocycles. The zero-order chi connectivity index (χ0) is 16.4. The van der Waals surface area contributed by atoms with Crippen LogP contribution in [0.15, 0.2) is 42.0 Å². The van der Waals surface area contributed by atoms with Crippen molar-refractivity contribution in [2.75, 3.05) is 0 Å². The van der Waals surface area contributed by atoms with Gasteiger partial charge in [0.15, 0.2) is 0 Å². The van der Waals surface area contributed by atoms with Crippen molar-refractivity contribution in [3.63, 3.8) is 0 Å². The number of hydrogen-bond acceptors (Lipinski definition) is 4. The monoisotopic (exact) mass is 349 g/mol. The van der Waals surface area contributed by atoms with Gasteiger partial charge in [0.1, 0.15) is 10.8 Å².